The smallest absolute Gasteiger partial charge is 0.163 e. The van der Waals surface area contributed by atoms with Gasteiger partial charge in [0.05, 0.1) is 24.5 Å². The number of methoxy groups -OCH3 is 1. The molecular formula is C28H28N2O2. The van der Waals surface area contributed by atoms with E-state index in [1.165, 1.54) is 11.1 Å². The minimum Gasteiger partial charge on any atom is -0.497 e. The van der Waals surface area contributed by atoms with E-state index in [1.54, 1.807) is 7.11 Å². The van der Waals surface area contributed by atoms with Crippen LogP contribution >= 0.6 is 0 Å². The SMILES string of the molecule is CCc1ccc([C@H]2Nc3ccccc3NC3=C2C(=O)C[C@@H](c2ccc(OC)cc2)C3)cc1. The summed E-state index contributed by atoms with van der Waals surface area (Å²) in [4.78, 5) is 13.6. The lowest BCUT2D eigenvalue weighted by Gasteiger charge is -2.30. The van der Waals surface area contributed by atoms with Gasteiger partial charge < -0.3 is 15.4 Å². The second-order valence-electron chi connectivity index (χ2n) is 8.54. The number of ketones is 1. The predicted molar refractivity (Wildman–Crippen MR) is 129 cm³/mol. The fraction of sp³-hybridized carbons (Fsp3) is 0.250. The predicted octanol–water partition coefficient (Wildman–Crippen LogP) is 6.24. The Morgan fingerprint density at radius 2 is 1.56 bits per heavy atom. The largest absolute Gasteiger partial charge is 0.497 e. The topological polar surface area (TPSA) is 50.4 Å². The molecule has 4 heteroatoms. The number of allylic oxidation sites excluding steroid dienone is 1. The first-order valence-corrected chi connectivity index (χ1v) is 11.3. The van der Waals surface area contributed by atoms with E-state index in [0.29, 0.717) is 6.42 Å². The van der Waals surface area contributed by atoms with Crippen molar-refractivity contribution < 1.29 is 9.53 Å². The molecule has 1 heterocycles. The molecule has 0 bridgehead atoms. The Balaban J connectivity index is 1.56. The van der Waals surface area contributed by atoms with Crippen molar-refractivity contribution in [2.45, 2.75) is 38.1 Å². The van der Waals surface area contributed by atoms with Gasteiger partial charge in [0.1, 0.15) is 5.75 Å². The van der Waals surface area contributed by atoms with Crippen molar-refractivity contribution in [3.05, 3.63) is 101 Å². The molecule has 0 fully saturated rings. The maximum atomic E-state index is 13.6. The number of benzene rings is 3. The number of nitrogens with one attached hydrogen (secondary N) is 2. The monoisotopic (exact) mass is 424 g/mol. The molecule has 0 spiro atoms. The number of carbonyl (C=O) groups excluding carboxylic acids is 1. The molecule has 3 aromatic rings. The molecule has 0 amide bonds. The van der Waals surface area contributed by atoms with Gasteiger partial charge in [-0.2, -0.15) is 0 Å². The van der Waals surface area contributed by atoms with E-state index >= 15 is 0 Å². The fourth-order valence-corrected chi connectivity index (χ4v) is 4.80. The van der Waals surface area contributed by atoms with Crippen LogP contribution in [0.5, 0.6) is 5.75 Å². The third-order valence-corrected chi connectivity index (χ3v) is 6.62. The van der Waals surface area contributed by atoms with Crippen molar-refractivity contribution in [2.75, 3.05) is 17.7 Å². The van der Waals surface area contributed by atoms with Crippen LogP contribution < -0.4 is 15.4 Å². The number of ether oxygens (including phenoxy) is 1. The molecule has 0 aromatic heterocycles. The molecule has 2 aliphatic rings. The molecule has 0 unspecified atom stereocenters. The van der Waals surface area contributed by atoms with E-state index in [9.17, 15) is 4.79 Å². The first-order valence-electron chi connectivity index (χ1n) is 11.3. The Morgan fingerprint density at radius 3 is 2.25 bits per heavy atom. The zero-order valence-corrected chi connectivity index (χ0v) is 18.5. The number of para-hydroxylation sites is 2. The second kappa shape index (κ2) is 8.54. The number of carbonyl (C=O) groups is 1. The highest BCUT2D eigenvalue weighted by Gasteiger charge is 2.36. The summed E-state index contributed by atoms with van der Waals surface area (Å²) in [5, 5.41) is 7.26. The molecule has 32 heavy (non-hydrogen) atoms. The third-order valence-electron chi connectivity index (χ3n) is 6.62. The van der Waals surface area contributed by atoms with Crippen molar-refractivity contribution in [3.8, 4) is 5.75 Å². The van der Waals surface area contributed by atoms with Crippen LogP contribution in [0.25, 0.3) is 0 Å². The number of aryl methyl sites for hydroxylation is 1. The van der Waals surface area contributed by atoms with Crippen molar-refractivity contribution in [2.24, 2.45) is 0 Å². The van der Waals surface area contributed by atoms with Crippen LogP contribution in [0.15, 0.2) is 84.1 Å². The van der Waals surface area contributed by atoms with Crippen molar-refractivity contribution >= 4 is 17.2 Å². The number of hydrogen-bond acceptors (Lipinski definition) is 4. The zero-order chi connectivity index (χ0) is 22.1. The van der Waals surface area contributed by atoms with Crippen LogP contribution in [0.4, 0.5) is 11.4 Å². The van der Waals surface area contributed by atoms with Crippen LogP contribution in [0, 0.1) is 0 Å². The first kappa shape index (κ1) is 20.4. The Kier molecular flexibility index (Phi) is 5.44. The van der Waals surface area contributed by atoms with E-state index in [4.69, 9.17) is 4.74 Å². The summed E-state index contributed by atoms with van der Waals surface area (Å²) < 4.78 is 5.30. The molecule has 1 aliphatic heterocycles. The van der Waals surface area contributed by atoms with Crippen LogP contribution in [-0.2, 0) is 11.2 Å². The van der Waals surface area contributed by atoms with Crippen molar-refractivity contribution in [1.82, 2.24) is 0 Å². The van der Waals surface area contributed by atoms with Gasteiger partial charge in [0, 0.05) is 17.7 Å². The van der Waals surface area contributed by atoms with Gasteiger partial charge in [-0.25, -0.2) is 0 Å². The van der Waals surface area contributed by atoms with Gasteiger partial charge in [-0.15, -0.1) is 0 Å². The summed E-state index contributed by atoms with van der Waals surface area (Å²) in [6.07, 6.45) is 2.31. The average Bonchev–Trinajstić information content (AvgIpc) is 3.01. The number of anilines is 2. The van der Waals surface area contributed by atoms with Crippen molar-refractivity contribution in [1.29, 1.82) is 0 Å². The summed E-state index contributed by atoms with van der Waals surface area (Å²) in [6.45, 7) is 2.16. The molecule has 0 saturated carbocycles. The van der Waals surface area contributed by atoms with E-state index < -0.39 is 0 Å². The summed E-state index contributed by atoms with van der Waals surface area (Å²) >= 11 is 0. The number of Topliss-reactive ketones (excluding diaryl/α,β-unsaturated/α-hetero) is 1. The van der Waals surface area contributed by atoms with Crippen molar-refractivity contribution in [3.63, 3.8) is 0 Å². The zero-order valence-electron chi connectivity index (χ0n) is 18.5. The van der Waals surface area contributed by atoms with E-state index in [2.05, 4.69) is 66.1 Å². The standard InChI is InChI=1S/C28H28N2O2/c1-3-18-8-10-20(11-9-18)28-27-25(29-23-6-4-5-7-24(23)30-28)16-21(17-26(27)31)19-12-14-22(32-2)15-13-19/h4-15,21,28-30H,3,16-17H2,1-2H3/t21-,28+/m0/s1. The normalized spacial score (nSPS) is 19.9. The van der Waals surface area contributed by atoms with Crippen LogP contribution in [0.1, 0.15) is 48.4 Å². The Bertz CT molecular complexity index is 1160. The molecule has 2 atom stereocenters. The third kappa shape index (κ3) is 3.77. The van der Waals surface area contributed by atoms with Crippen LogP contribution in [-0.4, -0.2) is 12.9 Å². The fourth-order valence-electron chi connectivity index (χ4n) is 4.80. The molecule has 0 saturated heterocycles. The van der Waals surface area contributed by atoms with Gasteiger partial charge in [0.25, 0.3) is 0 Å². The van der Waals surface area contributed by atoms with E-state index in [0.717, 1.165) is 46.8 Å². The molecule has 1 aliphatic carbocycles. The minimum absolute atomic E-state index is 0.146. The summed E-state index contributed by atoms with van der Waals surface area (Å²) in [5.41, 5.74) is 7.48. The van der Waals surface area contributed by atoms with Gasteiger partial charge >= 0.3 is 0 Å². The lowest BCUT2D eigenvalue weighted by molar-refractivity contribution is -0.116. The second-order valence-corrected chi connectivity index (χ2v) is 8.54. The minimum atomic E-state index is -0.170. The molecular weight excluding hydrogens is 396 g/mol. The summed E-state index contributed by atoms with van der Waals surface area (Å²) in [6, 6.07) is 24.7. The molecule has 2 N–H and O–H groups in total. The quantitative estimate of drug-likeness (QED) is 0.521. The lowest BCUT2D eigenvalue weighted by atomic mass is 9.78. The highest BCUT2D eigenvalue weighted by atomic mass is 16.5. The van der Waals surface area contributed by atoms with Gasteiger partial charge in [-0.1, -0.05) is 55.5 Å². The molecule has 5 rings (SSSR count). The maximum Gasteiger partial charge on any atom is 0.163 e. The van der Waals surface area contributed by atoms with Gasteiger partial charge in [0.15, 0.2) is 5.78 Å². The number of hydrogen-bond donors (Lipinski definition) is 2. The number of rotatable bonds is 4. The van der Waals surface area contributed by atoms with Gasteiger partial charge in [-0.3, -0.25) is 4.79 Å². The first-order chi connectivity index (χ1) is 15.7. The van der Waals surface area contributed by atoms with E-state index in [-0.39, 0.29) is 17.7 Å². The van der Waals surface area contributed by atoms with Crippen LogP contribution in [0.3, 0.4) is 0 Å². The van der Waals surface area contributed by atoms with Gasteiger partial charge in [0.2, 0.25) is 0 Å². The van der Waals surface area contributed by atoms with E-state index in [1.807, 2.05) is 24.3 Å². The maximum absolute atomic E-state index is 13.6. The highest BCUT2D eigenvalue weighted by molar-refractivity contribution is 6.01. The summed E-state index contributed by atoms with van der Waals surface area (Å²) in [7, 11) is 1.67. The van der Waals surface area contributed by atoms with Crippen LogP contribution in [0.2, 0.25) is 0 Å². The van der Waals surface area contributed by atoms with Gasteiger partial charge in [-0.05, 0) is 59.7 Å². The molecule has 4 nitrogen and oxygen atoms in total. The Hall–Kier alpha value is -3.53. The molecule has 162 valence electrons. The molecule has 3 aromatic carbocycles. The highest BCUT2D eigenvalue weighted by Crippen LogP contribution is 2.44. The summed E-state index contributed by atoms with van der Waals surface area (Å²) in [5.74, 6) is 1.18. The Labute approximate surface area is 189 Å². The molecule has 0 radical (unpaired) electrons. The lowest BCUT2D eigenvalue weighted by Crippen LogP contribution is -2.26. The average molecular weight is 425 g/mol. The number of fused-ring (bicyclic) bond motifs is 1. The Morgan fingerprint density at radius 1 is 0.875 bits per heavy atom.